The molecule has 0 aromatic heterocycles. The molecule has 27 heavy (non-hydrogen) atoms. The van der Waals surface area contributed by atoms with Crippen LogP contribution in [0.2, 0.25) is 23.2 Å². The van der Waals surface area contributed by atoms with Gasteiger partial charge in [-0.3, -0.25) is 4.79 Å². The molecule has 3 atom stereocenters. The summed E-state index contributed by atoms with van der Waals surface area (Å²) in [6.45, 7) is 12.1. The minimum Gasteiger partial charge on any atom is -0.417 e. The Morgan fingerprint density at radius 2 is 2.04 bits per heavy atom. The van der Waals surface area contributed by atoms with E-state index in [9.17, 15) is 9.18 Å². The molecular formula is C20H32ClFN2O2Si. The number of hydrogen-bond donors (Lipinski definition) is 2. The van der Waals surface area contributed by atoms with Crippen molar-refractivity contribution in [3.63, 3.8) is 0 Å². The summed E-state index contributed by atoms with van der Waals surface area (Å²) in [7, 11) is -1.84. The molecule has 2 rings (SSSR count). The van der Waals surface area contributed by atoms with E-state index in [1.165, 1.54) is 18.2 Å². The highest BCUT2D eigenvalue weighted by Gasteiger charge is 2.40. The van der Waals surface area contributed by atoms with E-state index in [4.69, 9.17) is 21.8 Å². The number of piperidine rings is 1. The highest BCUT2D eigenvalue weighted by atomic mass is 35.5. The van der Waals surface area contributed by atoms with Gasteiger partial charge in [0, 0.05) is 18.1 Å². The molecule has 1 heterocycles. The van der Waals surface area contributed by atoms with Gasteiger partial charge in [0.1, 0.15) is 5.82 Å². The van der Waals surface area contributed by atoms with Crippen molar-refractivity contribution in [2.75, 3.05) is 13.2 Å². The summed E-state index contributed by atoms with van der Waals surface area (Å²) in [5.74, 6) is -0.354. The van der Waals surface area contributed by atoms with Crippen LogP contribution in [-0.4, -0.2) is 27.4 Å². The van der Waals surface area contributed by atoms with Crippen LogP contribution in [-0.2, 0) is 9.22 Å². The van der Waals surface area contributed by atoms with E-state index in [1.807, 2.05) is 0 Å². The quantitative estimate of drug-likeness (QED) is 0.666. The lowest BCUT2D eigenvalue weighted by molar-refractivity contribution is -0.126. The smallest absolute Gasteiger partial charge is 0.220 e. The number of nitrogens with two attached hydrogens (primary N) is 1. The number of carbonyl (C=O) groups is 1. The average molecular weight is 415 g/mol. The Kier molecular flexibility index (Phi) is 7.11. The lowest BCUT2D eigenvalue weighted by Gasteiger charge is -2.40. The highest BCUT2D eigenvalue weighted by molar-refractivity contribution is 6.74. The number of rotatable bonds is 6. The first-order valence-electron chi connectivity index (χ1n) is 9.54. The van der Waals surface area contributed by atoms with Crippen molar-refractivity contribution in [1.29, 1.82) is 0 Å². The summed E-state index contributed by atoms with van der Waals surface area (Å²) >= 11 is 6.28. The summed E-state index contributed by atoms with van der Waals surface area (Å²) in [6.07, 6.45) is 1.16. The monoisotopic (exact) mass is 414 g/mol. The van der Waals surface area contributed by atoms with Gasteiger partial charge in [-0.25, -0.2) is 4.39 Å². The predicted octanol–water partition coefficient (Wildman–Crippen LogP) is 4.64. The molecule has 152 valence electrons. The van der Waals surface area contributed by atoms with Gasteiger partial charge in [-0.05, 0) is 66.7 Å². The maximum absolute atomic E-state index is 13.8. The van der Waals surface area contributed by atoms with Crippen LogP contribution in [0.25, 0.3) is 0 Å². The maximum atomic E-state index is 13.8. The molecule has 3 unspecified atom stereocenters. The van der Waals surface area contributed by atoms with E-state index >= 15 is 0 Å². The van der Waals surface area contributed by atoms with Crippen molar-refractivity contribution in [1.82, 2.24) is 5.32 Å². The van der Waals surface area contributed by atoms with Crippen LogP contribution in [0.5, 0.6) is 0 Å². The van der Waals surface area contributed by atoms with Crippen LogP contribution in [0, 0.1) is 17.7 Å². The Morgan fingerprint density at radius 3 is 2.63 bits per heavy atom. The van der Waals surface area contributed by atoms with E-state index in [0.29, 0.717) is 30.2 Å². The Labute approximate surface area is 168 Å². The third kappa shape index (κ3) is 5.31. The zero-order valence-electron chi connectivity index (χ0n) is 16.9. The van der Waals surface area contributed by atoms with Gasteiger partial charge < -0.3 is 15.5 Å². The Hall–Kier alpha value is -0.953. The second-order valence-electron chi connectivity index (χ2n) is 8.97. The summed E-state index contributed by atoms with van der Waals surface area (Å²) in [5, 5.41) is 3.54. The molecule has 1 saturated heterocycles. The summed E-state index contributed by atoms with van der Waals surface area (Å²) in [5.41, 5.74) is 6.65. The van der Waals surface area contributed by atoms with Gasteiger partial charge in [-0.1, -0.05) is 32.4 Å². The van der Waals surface area contributed by atoms with Crippen molar-refractivity contribution < 1.29 is 13.6 Å². The summed E-state index contributed by atoms with van der Waals surface area (Å²) in [4.78, 5) is 12.3. The van der Waals surface area contributed by atoms with E-state index in [1.54, 1.807) is 0 Å². The van der Waals surface area contributed by atoms with Crippen LogP contribution in [0.15, 0.2) is 18.2 Å². The fourth-order valence-electron chi connectivity index (χ4n) is 3.39. The zero-order chi connectivity index (χ0) is 20.4. The molecule has 1 aromatic carbocycles. The summed E-state index contributed by atoms with van der Waals surface area (Å²) in [6, 6.07) is 3.86. The molecule has 1 aliphatic rings. The van der Waals surface area contributed by atoms with Gasteiger partial charge in [0.05, 0.1) is 6.04 Å². The molecule has 0 spiro atoms. The number of amides is 1. The first-order valence-corrected chi connectivity index (χ1v) is 12.8. The molecule has 3 N–H and O–H groups in total. The Bertz CT molecular complexity index is 678. The molecule has 7 heteroatoms. The predicted molar refractivity (Wildman–Crippen MR) is 111 cm³/mol. The lowest BCUT2D eigenvalue weighted by atomic mass is 9.76. The fourth-order valence-corrected chi connectivity index (χ4v) is 4.69. The number of hydrogen-bond acceptors (Lipinski definition) is 3. The number of nitrogens with one attached hydrogen (secondary N) is 1. The van der Waals surface area contributed by atoms with Crippen LogP contribution in [0.3, 0.4) is 0 Å². The number of halogens is 2. The minimum absolute atomic E-state index is 0.00924. The maximum Gasteiger partial charge on any atom is 0.220 e. The molecule has 1 aromatic rings. The van der Waals surface area contributed by atoms with E-state index in [-0.39, 0.29) is 34.6 Å². The molecule has 0 radical (unpaired) electrons. The third-order valence-electron chi connectivity index (χ3n) is 6.12. The minimum atomic E-state index is -1.84. The third-order valence-corrected chi connectivity index (χ3v) is 11.0. The van der Waals surface area contributed by atoms with Crippen molar-refractivity contribution in [2.45, 2.75) is 57.8 Å². The molecular weight excluding hydrogens is 383 g/mol. The standard InChI is InChI=1S/C20H32ClFN2O2Si/c1-20(2,3)27(4,5)26-9-8-13-10-18(25)24-19(16(13)12-23)15-11-14(22)6-7-17(15)21/h6-7,11,13,16,19H,8-10,12,23H2,1-5H3,(H,24,25). The van der Waals surface area contributed by atoms with Gasteiger partial charge >= 0.3 is 0 Å². The van der Waals surface area contributed by atoms with Crippen molar-refractivity contribution in [3.8, 4) is 0 Å². The van der Waals surface area contributed by atoms with E-state index < -0.39 is 8.32 Å². The van der Waals surface area contributed by atoms with Crippen molar-refractivity contribution in [2.24, 2.45) is 17.6 Å². The van der Waals surface area contributed by atoms with Gasteiger partial charge in [0.2, 0.25) is 5.91 Å². The SMILES string of the molecule is CC(C)(C)[Si](C)(C)OCCC1CC(=O)NC(c2cc(F)ccc2Cl)C1CN. The molecule has 1 aliphatic heterocycles. The van der Waals surface area contributed by atoms with Gasteiger partial charge in [-0.2, -0.15) is 0 Å². The molecule has 4 nitrogen and oxygen atoms in total. The van der Waals surface area contributed by atoms with Gasteiger partial charge in [0.15, 0.2) is 8.32 Å². The zero-order valence-corrected chi connectivity index (χ0v) is 18.7. The van der Waals surface area contributed by atoms with Crippen molar-refractivity contribution in [3.05, 3.63) is 34.6 Å². The largest absolute Gasteiger partial charge is 0.417 e. The highest BCUT2D eigenvalue weighted by Crippen LogP contribution is 2.40. The van der Waals surface area contributed by atoms with Crippen LogP contribution in [0.1, 0.15) is 45.2 Å². The Morgan fingerprint density at radius 1 is 1.37 bits per heavy atom. The Balaban J connectivity index is 2.15. The van der Waals surface area contributed by atoms with Crippen molar-refractivity contribution >= 4 is 25.8 Å². The average Bonchev–Trinajstić information content (AvgIpc) is 2.55. The van der Waals surface area contributed by atoms with Gasteiger partial charge in [0.25, 0.3) is 0 Å². The van der Waals surface area contributed by atoms with Crippen LogP contribution in [0.4, 0.5) is 4.39 Å². The van der Waals surface area contributed by atoms with Crippen LogP contribution >= 0.6 is 11.6 Å². The molecule has 0 aliphatic carbocycles. The lowest BCUT2D eigenvalue weighted by Crippen LogP contribution is -2.47. The van der Waals surface area contributed by atoms with Gasteiger partial charge in [-0.15, -0.1) is 0 Å². The second kappa shape index (κ2) is 8.60. The van der Waals surface area contributed by atoms with Crippen LogP contribution < -0.4 is 11.1 Å². The number of carbonyl (C=O) groups excluding carboxylic acids is 1. The fraction of sp³-hybridized carbons (Fsp3) is 0.650. The first-order chi connectivity index (χ1) is 12.5. The number of benzene rings is 1. The first kappa shape index (κ1) is 22.3. The van der Waals surface area contributed by atoms with E-state index in [0.717, 1.165) is 6.42 Å². The molecule has 1 fully saturated rings. The molecule has 0 saturated carbocycles. The molecule has 1 amide bonds. The topological polar surface area (TPSA) is 64.3 Å². The second-order valence-corrected chi connectivity index (χ2v) is 14.2. The van der Waals surface area contributed by atoms with E-state index in [2.05, 4.69) is 39.2 Å². The summed E-state index contributed by atoms with van der Waals surface area (Å²) < 4.78 is 20.0. The molecule has 0 bridgehead atoms. The normalized spacial score (nSPS) is 24.0.